The zero-order chi connectivity index (χ0) is 22.2. The van der Waals surface area contributed by atoms with Crippen LogP contribution in [0.2, 0.25) is 0 Å². The summed E-state index contributed by atoms with van der Waals surface area (Å²) in [6.07, 6.45) is 2.16. The molecule has 0 aliphatic carbocycles. The van der Waals surface area contributed by atoms with E-state index in [1.165, 1.54) is 16.8 Å². The SMILES string of the molecule is CN1CCN(c2ccc(-c3ccc4c(c3)OCc3nc(CN5CCOCC5)cn3-4)cc2)CC1. The number of ether oxygens (including phenoxy) is 2. The summed E-state index contributed by atoms with van der Waals surface area (Å²) in [5.41, 5.74) is 5.85. The highest BCUT2D eigenvalue weighted by molar-refractivity contribution is 5.70. The number of piperazine rings is 1. The number of aromatic nitrogens is 2. The van der Waals surface area contributed by atoms with E-state index < -0.39 is 0 Å². The van der Waals surface area contributed by atoms with E-state index >= 15 is 0 Å². The molecule has 3 aliphatic rings. The van der Waals surface area contributed by atoms with Crippen LogP contribution in [0.3, 0.4) is 0 Å². The normalized spacial score (nSPS) is 19.1. The average molecular weight is 446 g/mol. The van der Waals surface area contributed by atoms with Gasteiger partial charge in [-0.3, -0.25) is 9.47 Å². The quantitative estimate of drug-likeness (QED) is 0.615. The van der Waals surface area contributed by atoms with E-state index in [1.54, 1.807) is 0 Å². The molecule has 7 nitrogen and oxygen atoms in total. The van der Waals surface area contributed by atoms with E-state index in [-0.39, 0.29) is 0 Å². The molecule has 0 bridgehead atoms. The number of imidazole rings is 1. The number of hydrogen-bond acceptors (Lipinski definition) is 6. The Morgan fingerprint density at radius 1 is 0.879 bits per heavy atom. The molecule has 2 saturated heterocycles. The third kappa shape index (κ3) is 4.24. The topological polar surface area (TPSA) is 46.0 Å². The average Bonchev–Trinajstić information content (AvgIpc) is 3.28. The van der Waals surface area contributed by atoms with Gasteiger partial charge in [-0.1, -0.05) is 18.2 Å². The Bertz CT molecular complexity index is 1110. The Balaban J connectivity index is 1.20. The van der Waals surface area contributed by atoms with Gasteiger partial charge in [-0.15, -0.1) is 0 Å². The Kier molecular flexibility index (Phi) is 5.54. The molecule has 1 aromatic heterocycles. The van der Waals surface area contributed by atoms with Crippen LogP contribution in [0.25, 0.3) is 16.8 Å². The molecule has 0 N–H and O–H groups in total. The molecule has 172 valence electrons. The highest BCUT2D eigenvalue weighted by Gasteiger charge is 2.22. The van der Waals surface area contributed by atoms with Crippen LogP contribution < -0.4 is 9.64 Å². The van der Waals surface area contributed by atoms with Gasteiger partial charge in [0.1, 0.15) is 12.4 Å². The van der Waals surface area contributed by atoms with Gasteiger partial charge in [-0.2, -0.15) is 0 Å². The number of benzene rings is 2. The zero-order valence-electron chi connectivity index (χ0n) is 19.2. The minimum Gasteiger partial charge on any atom is -0.483 e. The molecule has 2 fully saturated rings. The van der Waals surface area contributed by atoms with Crippen molar-refractivity contribution in [3.05, 3.63) is 60.2 Å². The summed E-state index contributed by atoms with van der Waals surface area (Å²) in [6, 6.07) is 15.4. The van der Waals surface area contributed by atoms with E-state index in [0.717, 1.165) is 82.0 Å². The predicted octanol–water partition coefficient (Wildman–Crippen LogP) is 3.02. The van der Waals surface area contributed by atoms with Gasteiger partial charge in [-0.05, 0) is 42.4 Å². The summed E-state index contributed by atoms with van der Waals surface area (Å²) in [5.74, 6) is 1.88. The molecule has 0 unspecified atom stereocenters. The van der Waals surface area contributed by atoms with Crippen LogP contribution in [-0.2, 0) is 17.9 Å². The van der Waals surface area contributed by atoms with Crippen molar-refractivity contribution in [2.75, 3.05) is 64.4 Å². The lowest BCUT2D eigenvalue weighted by Crippen LogP contribution is -2.44. The summed E-state index contributed by atoms with van der Waals surface area (Å²) < 4.78 is 13.8. The third-order valence-electron chi connectivity index (χ3n) is 6.96. The number of likely N-dealkylation sites (N-methyl/N-ethyl adjacent to an activating group) is 1. The molecule has 4 heterocycles. The Morgan fingerprint density at radius 2 is 1.64 bits per heavy atom. The standard InChI is InChI=1S/C26H31N5O2/c1-28-8-10-30(11-9-28)23-5-2-20(3-6-23)21-4-7-24-25(16-21)33-19-26-27-22(18-31(24)26)17-29-12-14-32-15-13-29/h2-7,16,18H,8-15,17,19H2,1H3. The van der Waals surface area contributed by atoms with E-state index in [0.29, 0.717) is 6.61 Å². The third-order valence-corrected chi connectivity index (χ3v) is 6.96. The van der Waals surface area contributed by atoms with Crippen LogP contribution in [0.1, 0.15) is 11.5 Å². The largest absolute Gasteiger partial charge is 0.483 e. The minimum atomic E-state index is 0.502. The monoisotopic (exact) mass is 445 g/mol. The lowest BCUT2D eigenvalue weighted by atomic mass is 10.0. The van der Waals surface area contributed by atoms with Crippen molar-refractivity contribution in [3.63, 3.8) is 0 Å². The number of nitrogens with zero attached hydrogens (tertiary/aromatic N) is 5. The Hall–Kier alpha value is -2.87. The maximum atomic E-state index is 6.11. The van der Waals surface area contributed by atoms with Crippen molar-refractivity contribution in [3.8, 4) is 22.6 Å². The molecule has 0 amide bonds. The molecule has 7 heteroatoms. The van der Waals surface area contributed by atoms with E-state index in [1.807, 2.05) is 0 Å². The second-order valence-electron chi connectivity index (χ2n) is 9.22. The fourth-order valence-corrected chi connectivity index (χ4v) is 4.93. The molecule has 0 spiro atoms. The highest BCUT2D eigenvalue weighted by atomic mass is 16.5. The first kappa shape index (κ1) is 20.7. The van der Waals surface area contributed by atoms with Gasteiger partial charge in [0.2, 0.25) is 0 Å². The molecule has 0 radical (unpaired) electrons. The van der Waals surface area contributed by atoms with Gasteiger partial charge >= 0.3 is 0 Å². The van der Waals surface area contributed by atoms with Crippen molar-refractivity contribution in [1.82, 2.24) is 19.4 Å². The molecule has 6 rings (SSSR count). The second kappa shape index (κ2) is 8.82. The Morgan fingerprint density at radius 3 is 2.42 bits per heavy atom. The van der Waals surface area contributed by atoms with Crippen LogP contribution >= 0.6 is 0 Å². The van der Waals surface area contributed by atoms with Crippen LogP contribution in [0.15, 0.2) is 48.7 Å². The van der Waals surface area contributed by atoms with Gasteiger partial charge in [-0.25, -0.2) is 4.98 Å². The van der Waals surface area contributed by atoms with Crippen LogP contribution in [0.5, 0.6) is 5.75 Å². The van der Waals surface area contributed by atoms with Gasteiger partial charge < -0.3 is 19.3 Å². The summed E-state index contributed by atoms with van der Waals surface area (Å²) in [7, 11) is 2.19. The molecule has 3 aromatic rings. The minimum absolute atomic E-state index is 0.502. The first-order valence-electron chi connectivity index (χ1n) is 11.9. The van der Waals surface area contributed by atoms with Crippen molar-refractivity contribution >= 4 is 5.69 Å². The zero-order valence-corrected chi connectivity index (χ0v) is 19.2. The molecular formula is C26H31N5O2. The summed E-state index contributed by atoms with van der Waals surface area (Å²) >= 11 is 0. The molecule has 3 aliphatic heterocycles. The molecule has 33 heavy (non-hydrogen) atoms. The second-order valence-corrected chi connectivity index (χ2v) is 9.22. The van der Waals surface area contributed by atoms with Crippen molar-refractivity contribution in [2.45, 2.75) is 13.2 Å². The van der Waals surface area contributed by atoms with Crippen molar-refractivity contribution in [2.24, 2.45) is 0 Å². The van der Waals surface area contributed by atoms with Gasteiger partial charge in [0.25, 0.3) is 0 Å². The highest BCUT2D eigenvalue weighted by Crippen LogP contribution is 2.35. The maximum Gasteiger partial charge on any atom is 0.151 e. The number of rotatable bonds is 4. The first-order valence-corrected chi connectivity index (χ1v) is 11.9. The summed E-state index contributed by atoms with van der Waals surface area (Å²) in [4.78, 5) is 12.1. The predicted molar refractivity (Wildman–Crippen MR) is 129 cm³/mol. The molecular weight excluding hydrogens is 414 g/mol. The lowest BCUT2D eigenvalue weighted by molar-refractivity contribution is 0.0337. The van der Waals surface area contributed by atoms with E-state index in [9.17, 15) is 0 Å². The molecule has 0 saturated carbocycles. The molecule has 0 atom stereocenters. The smallest absolute Gasteiger partial charge is 0.151 e. The Labute approximate surface area is 195 Å². The van der Waals surface area contributed by atoms with E-state index in [4.69, 9.17) is 14.5 Å². The summed E-state index contributed by atoms with van der Waals surface area (Å²) in [5, 5.41) is 0. The maximum absolute atomic E-state index is 6.11. The number of morpholine rings is 1. The first-order chi connectivity index (χ1) is 16.2. The van der Waals surface area contributed by atoms with Crippen LogP contribution in [0.4, 0.5) is 5.69 Å². The fourth-order valence-electron chi connectivity index (χ4n) is 4.93. The van der Waals surface area contributed by atoms with Gasteiger partial charge in [0, 0.05) is 57.7 Å². The fraction of sp³-hybridized carbons (Fsp3) is 0.423. The van der Waals surface area contributed by atoms with Gasteiger partial charge in [0.15, 0.2) is 5.82 Å². The van der Waals surface area contributed by atoms with Crippen molar-refractivity contribution in [1.29, 1.82) is 0 Å². The van der Waals surface area contributed by atoms with Crippen LogP contribution in [-0.4, -0.2) is 78.9 Å². The lowest BCUT2D eigenvalue weighted by Gasteiger charge is -2.34. The number of fused-ring (bicyclic) bond motifs is 3. The van der Waals surface area contributed by atoms with Gasteiger partial charge in [0.05, 0.1) is 24.6 Å². The van der Waals surface area contributed by atoms with Crippen LogP contribution in [0, 0.1) is 0 Å². The van der Waals surface area contributed by atoms with Crippen molar-refractivity contribution < 1.29 is 9.47 Å². The molecule has 2 aromatic carbocycles. The summed E-state index contributed by atoms with van der Waals surface area (Å²) in [6.45, 7) is 9.31. The number of anilines is 1. The van der Waals surface area contributed by atoms with E-state index in [2.05, 4.69) is 75.0 Å². The number of hydrogen-bond donors (Lipinski definition) is 0.